The maximum atomic E-state index is 13.5. The highest BCUT2D eigenvalue weighted by molar-refractivity contribution is 5.83. The van der Waals surface area contributed by atoms with Gasteiger partial charge in [-0.2, -0.15) is 0 Å². The van der Waals surface area contributed by atoms with Gasteiger partial charge in [0.2, 0.25) is 0 Å². The first-order valence-corrected chi connectivity index (χ1v) is 4.94. The molecule has 0 amide bonds. The number of carbonyl (C=O) groups is 1. The van der Waals surface area contributed by atoms with Crippen molar-refractivity contribution < 1.29 is 31.5 Å². The maximum absolute atomic E-state index is 13.5. The zero-order valence-corrected chi connectivity index (χ0v) is 9.15. The molecule has 1 saturated heterocycles. The molecule has 3 nitrogen and oxygen atoms in total. The molecule has 0 bridgehead atoms. The lowest BCUT2D eigenvalue weighted by Crippen LogP contribution is -2.47. The summed E-state index contributed by atoms with van der Waals surface area (Å²) in [6.07, 6.45) is -7.93. The van der Waals surface area contributed by atoms with Gasteiger partial charge in [-0.1, -0.05) is 30.3 Å². The van der Waals surface area contributed by atoms with Crippen LogP contribution >= 0.6 is 0 Å². The number of carbonyl (C=O) groups excluding carboxylic acids is 1. The second kappa shape index (κ2) is 5.53. The summed E-state index contributed by atoms with van der Waals surface area (Å²) in [6.45, 7) is -19.1. The van der Waals surface area contributed by atoms with E-state index in [1.165, 1.54) is 6.07 Å². The zero-order valence-electron chi connectivity index (χ0n) is 25.2. The molecule has 0 aromatic heterocycles. The predicted molar refractivity (Wildman–Crippen MR) is 71.5 cm³/mol. The van der Waals surface area contributed by atoms with Crippen LogP contribution in [0, 0.1) is 0 Å². The van der Waals surface area contributed by atoms with Gasteiger partial charge in [-0.25, -0.2) is 0 Å². The first kappa shape index (κ1) is 3.60. The van der Waals surface area contributed by atoms with Crippen molar-refractivity contribution in [1.29, 1.82) is 0 Å². The van der Waals surface area contributed by atoms with Crippen LogP contribution in [0.4, 0.5) is 0 Å². The number of rotatable bonds is 3. The van der Waals surface area contributed by atoms with Crippen LogP contribution in [0.2, 0.25) is 0 Å². The lowest BCUT2D eigenvalue weighted by Gasteiger charge is -2.38. The topological polar surface area (TPSA) is 29.5 Å². The van der Waals surface area contributed by atoms with Crippen molar-refractivity contribution in [2.24, 2.45) is 0 Å². The molecule has 3 heteroatoms. The normalized spacial score (nSPS) is 46.0. The van der Waals surface area contributed by atoms with Crippen molar-refractivity contribution in [3.05, 3.63) is 35.9 Å². The summed E-state index contributed by atoms with van der Waals surface area (Å²) in [5.41, 5.74) is -4.44. The van der Waals surface area contributed by atoms with Gasteiger partial charge < -0.3 is 9.64 Å². The molecule has 0 aliphatic carbocycles. The number of likely N-dealkylation sites (tertiary alicyclic amines) is 1. The first-order chi connectivity index (χ1) is 14.8. The molecule has 98 valence electrons. The molecule has 1 heterocycles. The highest BCUT2D eigenvalue weighted by atomic mass is 16.5. The van der Waals surface area contributed by atoms with E-state index in [1.54, 1.807) is 0 Å². The minimum atomic E-state index is -3.97. The van der Waals surface area contributed by atoms with Gasteiger partial charge in [0, 0.05) is 19.2 Å². The summed E-state index contributed by atoms with van der Waals surface area (Å²) in [4.78, 5) is 12.8. The lowest BCUT2D eigenvalue weighted by atomic mass is 9.73. The average Bonchev–Trinajstić information content (AvgIpc) is 2.58. The number of esters is 1. The Balaban J connectivity index is 3.05. The summed E-state index contributed by atoms with van der Waals surface area (Å²) < 4.78 is 131. The summed E-state index contributed by atoms with van der Waals surface area (Å²) in [5.74, 6) is -2.27. The Kier molecular flexibility index (Phi) is 1.11. The minimum absolute atomic E-state index is 0.639. The van der Waals surface area contributed by atoms with Crippen LogP contribution in [0.5, 0.6) is 0 Å². The Morgan fingerprint density at radius 1 is 1.50 bits per heavy atom. The molecule has 1 aliphatic rings. The van der Waals surface area contributed by atoms with Gasteiger partial charge in [-0.05, 0) is 45.1 Å². The molecule has 18 heavy (non-hydrogen) atoms. The van der Waals surface area contributed by atoms with E-state index in [9.17, 15) is 4.79 Å². The van der Waals surface area contributed by atoms with Gasteiger partial charge in [0.25, 0.3) is 0 Å². The highest BCUT2D eigenvalue weighted by Crippen LogP contribution is 2.36. The van der Waals surface area contributed by atoms with Gasteiger partial charge in [0.15, 0.2) is 0 Å². The number of nitrogens with zero attached hydrogens (tertiary/aromatic N) is 1. The smallest absolute Gasteiger partial charge is 0.316 e. The molecule has 1 aromatic carbocycles. The van der Waals surface area contributed by atoms with E-state index in [1.807, 2.05) is 0 Å². The fourth-order valence-electron chi connectivity index (χ4n) is 1.51. The first-order valence-electron chi connectivity index (χ1n) is 12.9. The largest absolute Gasteiger partial charge is 0.465 e. The second-order valence-electron chi connectivity index (χ2n) is 3.42. The third kappa shape index (κ3) is 2.41. The Bertz CT molecular complexity index is 908. The summed E-state index contributed by atoms with van der Waals surface area (Å²) in [5, 5.41) is 0. The van der Waals surface area contributed by atoms with Crippen molar-refractivity contribution in [2.75, 3.05) is 26.5 Å². The number of hydrogen-bond acceptors (Lipinski definition) is 3. The van der Waals surface area contributed by atoms with Crippen LogP contribution < -0.4 is 0 Å². The molecule has 1 aliphatic heterocycles. The van der Waals surface area contributed by atoms with Crippen molar-refractivity contribution >= 4 is 5.97 Å². The van der Waals surface area contributed by atoms with E-state index < -0.39 is 68.0 Å². The zero-order chi connectivity index (χ0) is 27.0. The Hall–Kier alpha value is -1.35. The monoisotopic (exact) mass is 263 g/mol. The second-order valence-corrected chi connectivity index (χ2v) is 3.42. The van der Waals surface area contributed by atoms with Gasteiger partial charge in [0.1, 0.15) is 0 Å². The molecular weight excluding hydrogens is 226 g/mol. The molecule has 0 unspecified atom stereocenters. The van der Waals surface area contributed by atoms with Gasteiger partial charge >= 0.3 is 5.97 Å². The maximum Gasteiger partial charge on any atom is 0.316 e. The van der Waals surface area contributed by atoms with Crippen molar-refractivity contribution in [1.82, 2.24) is 4.90 Å². The van der Waals surface area contributed by atoms with E-state index in [0.29, 0.717) is 0 Å². The molecule has 1 fully saturated rings. The van der Waals surface area contributed by atoms with Crippen LogP contribution in [-0.2, 0) is 14.9 Å². The summed E-state index contributed by atoms with van der Waals surface area (Å²) >= 11 is 0. The van der Waals surface area contributed by atoms with Crippen LogP contribution in [0.15, 0.2) is 30.3 Å². The molecule has 2 rings (SSSR count). The van der Waals surface area contributed by atoms with E-state index in [4.69, 9.17) is 21.9 Å². The number of benzene rings is 1. The summed E-state index contributed by atoms with van der Waals surface area (Å²) in [7, 11) is 0. The Morgan fingerprint density at radius 3 is 2.83 bits per heavy atom. The average molecular weight is 263 g/mol. The Morgan fingerprint density at radius 2 is 2.22 bits per heavy atom. The van der Waals surface area contributed by atoms with Crippen molar-refractivity contribution in [3.63, 3.8) is 0 Å². The molecular formula is C15H21NO2. The Labute approximate surface area is 131 Å². The van der Waals surface area contributed by atoms with Gasteiger partial charge in [-0.15, -0.1) is 0 Å². The van der Waals surface area contributed by atoms with Gasteiger partial charge in [-0.3, -0.25) is 4.79 Å². The molecule has 0 radical (unpaired) electrons. The lowest BCUT2D eigenvalue weighted by molar-refractivity contribution is -0.152. The minimum Gasteiger partial charge on any atom is -0.465 e. The van der Waals surface area contributed by atoms with Crippen molar-refractivity contribution in [2.45, 2.75) is 25.0 Å². The van der Waals surface area contributed by atoms with Crippen molar-refractivity contribution in [3.8, 4) is 0 Å². The molecule has 0 atom stereocenters. The van der Waals surface area contributed by atoms with Crippen LogP contribution in [0.3, 0.4) is 0 Å². The number of ether oxygens (including phenoxy) is 1. The quantitative estimate of drug-likeness (QED) is 0.783. The number of hydrogen-bond donors (Lipinski definition) is 0. The third-order valence-electron chi connectivity index (χ3n) is 2.37. The fraction of sp³-hybridized carbons (Fsp3) is 0.533. The highest BCUT2D eigenvalue weighted by Gasteiger charge is 2.43. The molecule has 0 saturated carbocycles. The molecule has 1 aromatic rings. The standard InChI is InChI=1S/C15H21NO2/c1-3-18-14(17)15(9-11-16(2)12-10-15)13-7-5-4-6-8-13/h4-8H,3,9-12H2,1-2H3/i1D3,2D3,3D2,9D2,10D2,11D2,12D2. The number of piperidine rings is 1. The molecule has 0 spiro atoms. The van der Waals surface area contributed by atoms with E-state index in [0.717, 1.165) is 24.3 Å². The predicted octanol–water partition coefficient (Wildman–Crippen LogP) is 2.21. The summed E-state index contributed by atoms with van der Waals surface area (Å²) in [6, 6.07) is 5.50. The fourth-order valence-corrected chi connectivity index (χ4v) is 1.51. The van der Waals surface area contributed by atoms with E-state index in [2.05, 4.69) is 4.74 Å². The van der Waals surface area contributed by atoms with E-state index in [-0.39, 0.29) is 0 Å². The third-order valence-corrected chi connectivity index (χ3v) is 2.37. The van der Waals surface area contributed by atoms with Crippen LogP contribution in [0.1, 0.15) is 47.1 Å². The van der Waals surface area contributed by atoms with Crippen LogP contribution in [-0.4, -0.2) is 37.4 Å². The molecule has 0 N–H and O–H groups in total. The van der Waals surface area contributed by atoms with Gasteiger partial charge in [0.05, 0.1) is 14.7 Å². The SMILES string of the molecule is [2H]C([2H])([2H])N1C([2H])([2H])C([2H])([2H])C(C(=O)OC([2H])([2H])C([2H])([2H])[2H])(c2ccccc2)C([2H])([2H])C1([2H])[2H]. The van der Waals surface area contributed by atoms with E-state index >= 15 is 0 Å². The van der Waals surface area contributed by atoms with Crippen LogP contribution in [0.25, 0.3) is 0 Å².